The summed E-state index contributed by atoms with van der Waals surface area (Å²) in [4.78, 5) is 16.7. The Balaban J connectivity index is 0.00000306. The topological polar surface area (TPSA) is 94.1 Å². The second kappa shape index (κ2) is 12.9. The molecular formula is C25H22KN5OS. The Morgan fingerprint density at radius 1 is 0.939 bits per heavy atom. The summed E-state index contributed by atoms with van der Waals surface area (Å²) < 4.78 is 3.38. The second-order valence-electron chi connectivity index (χ2n) is 7.01. The third kappa shape index (κ3) is 7.41. The van der Waals surface area contributed by atoms with Gasteiger partial charge in [0, 0.05) is 34.2 Å². The zero-order valence-electron chi connectivity index (χ0n) is 18.2. The minimum absolute atomic E-state index is 0. The van der Waals surface area contributed by atoms with Gasteiger partial charge in [0.2, 0.25) is 5.91 Å². The third-order valence-electron chi connectivity index (χ3n) is 4.70. The van der Waals surface area contributed by atoms with Crippen molar-refractivity contribution in [2.45, 2.75) is 11.4 Å². The van der Waals surface area contributed by atoms with E-state index in [-0.39, 0.29) is 51.4 Å². The van der Waals surface area contributed by atoms with Crippen LogP contribution >= 0.6 is 11.9 Å². The number of rotatable bonds is 9. The Morgan fingerprint density at radius 3 is 2.48 bits per heavy atom. The van der Waals surface area contributed by atoms with E-state index in [0.29, 0.717) is 12.1 Å². The first-order valence-electron chi connectivity index (χ1n) is 10.0. The molecule has 0 atom stereocenters. The zero-order chi connectivity index (χ0) is 22.2. The first kappa shape index (κ1) is 25.4. The molecule has 0 fully saturated rings. The van der Waals surface area contributed by atoms with Crippen LogP contribution in [0.1, 0.15) is 15.9 Å². The number of aromatic nitrogens is 1. The normalized spacial score (nSPS) is 10.2. The number of carbonyl (C=O) groups is 1. The van der Waals surface area contributed by atoms with Gasteiger partial charge in [-0.1, -0.05) is 36.4 Å². The van der Waals surface area contributed by atoms with Crippen molar-refractivity contribution in [2.75, 3.05) is 10.1 Å². The van der Waals surface area contributed by atoms with Crippen LogP contribution in [-0.2, 0) is 6.54 Å². The molecule has 0 bridgehead atoms. The molecular weight excluding hydrogens is 457 g/mol. The minimum atomic E-state index is -0.434. The standard InChI is InChI=1S/C25H22N5OS.K/c26-25(31)20-7-3-6-19(15-20)23-8-1-2-9-24(23)32-30-22-12-10-21(11-13-22)29-28-17-18-5-4-14-27-16-18;/h1-16,29-30H,17H2,(H2,26,31);/q-1;+1. The Bertz CT molecular complexity index is 1190. The number of nitrogens with zero attached hydrogens (tertiary/aromatic N) is 2. The average molecular weight is 480 g/mol. The van der Waals surface area contributed by atoms with Crippen molar-refractivity contribution >= 4 is 29.2 Å². The first-order chi connectivity index (χ1) is 15.7. The zero-order valence-corrected chi connectivity index (χ0v) is 22.2. The van der Waals surface area contributed by atoms with Crippen LogP contribution in [0.25, 0.3) is 16.6 Å². The molecule has 4 N–H and O–H groups in total. The predicted molar refractivity (Wildman–Crippen MR) is 131 cm³/mol. The molecule has 1 amide bonds. The number of hydrogen-bond acceptors (Lipinski definition) is 5. The van der Waals surface area contributed by atoms with E-state index in [9.17, 15) is 4.79 Å². The molecule has 0 saturated carbocycles. The molecule has 6 nitrogen and oxygen atoms in total. The fraction of sp³-hybridized carbons (Fsp3) is 0.0400. The van der Waals surface area contributed by atoms with Crippen molar-refractivity contribution in [3.05, 3.63) is 114 Å². The summed E-state index contributed by atoms with van der Waals surface area (Å²) in [5.41, 5.74) is 18.2. The number of anilines is 2. The van der Waals surface area contributed by atoms with E-state index in [2.05, 4.69) is 20.6 Å². The molecule has 1 aromatic heterocycles. The van der Waals surface area contributed by atoms with Crippen LogP contribution in [0.5, 0.6) is 0 Å². The number of nitrogens with two attached hydrogens (primary N) is 1. The number of hydrogen-bond donors (Lipinski definition) is 3. The quantitative estimate of drug-likeness (QED) is 0.195. The summed E-state index contributed by atoms with van der Waals surface area (Å²) in [5.74, 6) is -0.434. The number of benzene rings is 3. The largest absolute Gasteiger partial charge is 1.00 e. The third-order valence-corrected chi connectivity index (χ3v) is 5.62. The molecule has 0 aliphatic heterocycles. The monoisotopic (exact) mass is 479 g/mol. The Labute approximate surface area is 240 Å². The molecule has 0 radical (unpaired) electrons. The summed E-state index contributed by atoms with van der Waals surface area (Å²) in [5, 5.41) is 0. The van der Waals surface area contributed by atoms with Gasteiger partial charge in [-0.2, -0.15) is 0 Å². The van der Waals surface area contributed by atoms with Crippen LogP contribution in [0.2, 0.25) is 0 Å². The number of amides is 1. The van der Waals surface area contributed by atoms with E-state index in [0.717, 1.165) is 33.0 Å². The van der Waals surface area contributed by atoms with E-state index in [1.54, 1.807) is 18.5 Å². The van der Waals surface area contributed by atoms with E-state index in [4.69, 9.17) is 5.73 Å². The molecule has 3 aromatic carbocycles. The number of primary amides is 1. The SMILES string of the molecule is NC(=O)c1cccc(-c2ccccc2SNc2ccc(N[N-]Cc3cccnc3)cc2)c1.[K+]. The number of pyridine rings is 1. The molecule has 1 heterocycles. The Kier molecular flexibility index (Phi) is 9.95. The maximum absolute atomic E-state index is 11.5. The molecule has 0 saturated heterocycles. The molecule has 33 heavy (non-hydrogen) atoms. The number of nitrogens with one attached hydrogen (secondary N) is 2. The maximum atomic E-state index is 11.5. The van der Waals surface area contributed by atoms with Crippen molar-refractivity contribution in [3.63, 3.8) is 0 Å². The fourth-order valence-corrected chi connectivity index (χ4v) is 3.88. The van der Waals surface area contributed by atoms with Gasteiger partial charge in [0.15, 0.2) is 0 Å². The van der Waals surface area contributed by atoms with Crippen LogP contribution < -0.4 is 67.3 Å². The minimum Gasteiger partial charge on any atom is -0.567 e. The van der Waals surface area contributed by atoms with Gasteiger partial charge in [0.1, 0.15) is 0 Å². The maximum Gasteiger partial charge on any atom is 1.00 e. The first-order valence-corrected chi connectivity index (χ1v) is 10.8. The Morgan fingerprint density at radius 2 is 1.73 bits per heavy atom. The molecule has 8 heteroatoms. The van der Waals surface area contributed by atoms with Gasteiger partial charge < -0.3 is 21.3 Å². The van der Waals surface area contributed by atoms with Crippen LogP contribution in [-0.4, -0.2) is 10.9 Å². The van der Waals surface area contributed by atoms with Gasteiger partial charge in [0.25, 0.3) is 0 Å². The van der Waals surface area contributed by atoms with Crippen molar-refractivity contribution in [3.8, 4) is 11.1 Å². The summed E-state index contributed by atoms with van der Waals surface area (Å²) in [6.07, 6.45) is 3.55. The summed E-state index contributed by atoms with van der Waals surface area (Å²) in [6.45, 7) is 0.553. The summed E-state index contributed by atoms with van der Waals surface area (Å²) in [7, 11) is 0. The van der Waals surface area contributed by atoms with Gasteiger partial charge in [-0.05, 0) is 77.2 Å². The van der Waals surface area contributed by atoms with Crippen LogP contribution in [0, 0.1) is 0 Å². The van der Waals surface area contributed by atoms with E-state index in [1.165, 1.54) is 11.9 Å². The molecule has 0 aliphatic carbocycles. The molecule has 4 aromatic rings. The van der Waals surface area contributed by atoms with Crippen LogP contribution in [0.4, 0.5) is 11.4 Å². The van der Waals surface area contributed by atoms with Gasteiger partial charge in [-0.15, -0.1) is 6.54 Å². The number of carbonyl (C=O) groups excluding carboxylic acids is 1. The van der Waals surface area contributed by atoms with Crippen molar-refractivity contribution in [1.82, 2.24) is 4.98 Å². The molecule has 0 spiro atoms. The van der Waals surface area contributed by atoms with Crippen molar-refractivity contribution < 1.29 is 56.2 Å². The summed E-state index contributed by atoms with van der Waals surface area (Å²) in [6, 6.07) is 27.2. The van der Waals surface area contributed by atoms with Crippen molar-refractivity contribution in [1.29, 1.82) is 0 Å². The van der Waals surface area contributed by atoms with Gasteiger partial charge in [-0.25, -0.2) is 0 Å². The molecule has 4 rings (SSSR count). The average Bonchev–Trinajstić information content (AvgIpc) is 2.84. The van der Waals surface area contributed by atoms with Gasteiger partial charge >= 0.3 is 51.4 Å². The van der Waals surface area contributed by atoms with Crippen LogP contribution in [0.15, 0.2) is 102 Å². The molecule has 0 aliphatic rings. The fourth-order valence-electron chi connectivity index (χ4n) is 3.07. The van der Waals surface area contributed by atoms with E-state index in [1.807, 2.05) is 78.9 Å². The van der Waals surface area contributed by atoms with E-state index < -0.39 is 5.91 Å². The Hall–Kier alpha value is -2.17. The molecule has 0 unspecified atom stereocenters. The van der Waals surface area contributed by atoms with Gasteiger partial charge in [-0.3, -0.25) is 9.78 Å². The second-order valence-corrected chi connectivity index (χ2v) is 7.86. The van der Waals surface area contributed by atoms with Gasteiger partial charge in [0.05, 0.1) is 0 Å². The predicted octanol–water partition coefficient (Wildman–Crippen LogP) is 2.87. The molecule has 160 valence electrons. The smallest absolute Gasteiger partial charge is 0.567 e. The van der Waals surface area contributed by atoms with Crippen molar-refractivity contribution in [2.24, 2.45) is 5.73 Å². The summed E-state index contributed by atoms with van der Waals surface area (Å²) >= 11 is 1.51. The van der Waals surface area contributed by atoms with Crippen LogP contribution in [0.3, 0.4) is 0 Å². The van der Waals surface area contributed by atoms with E-state index >= 15 is 0 Å².